The van der Waals surface area contributed by atoms with Crippen LogP contribution in [0.1, 0.15) is 5.56 Å². The maximum absolute atomic E-state index is 2.19. The van der Waals surface area contributed by atoms with E-state index in [0.717, 1.165) is 6.54 Å². The van der Waals surface area contributed by atoms with Crippen LogP contribution in [-0.2, 0) is 0 Å². The van der Waals surface area contributed by atoms with E-state index in [2.05, 4.69) is 78.8 Å². The summed E-state index contributed by atoms with van der Waals surface area (Å²) in [5.41, 5.74) is 5.06. The van der Waals surface area contributed by atoms with Crippen molar-refractivity contribution in [3.05, 3.63) is 78.5 Å². The molecule has 0 bridgehead atoms. The van der Waals surface area contributed by atoms with Crippen LogP contribution in [0.4, 0.5) is 0 Å². The first-order valence-corrected chi connectivity index (χ1v) is 6.57. The van der Waals surface area contributed by atoms with Gasteiger partial charge in [0.1, 0.15) is 0 Å². The van der Waals surface area contributed by atoms with E-state index < -0.39 is 0 Å². The van der Waals surface area contributed by atoms with E-state index in [1.54, 1.807) is 0 Å². The quantitative estimate of drug-likeness (QED) is 0.769. The Bertz CT molecular complexity index is 606. The van der Waals surface area contributed by atoms with Crippen LogP contribution in [0.15, 0.2) is 72.9 Å². The summed E-state index contributed by atoms with van der Waals surface area (Å²) in [5.74, 6) is 0. The number of hydrogen-bond acceptors (Lipinski definition) is 1. The minimum absolute atomic E-state index is 0.992. The Balaban J connectivity index is 1.89. The molecule has 19 heavy (non-hydrogen) atoms. The van der Waals surface area contributed by atoms with Crippen LogP contribution >= 0.6 is 0 Å². The monoisotopic (exact) mass is 247 g/mol. The van der Waals surface area contributed by atoms with Gasteiger partial charge in [-0.05, 0) is 22.3 Å². The molecule has 0 spiro atoms. The van der Waals surface area contributed by atoms with Gasteiger partial charge in [0.25, 0.3) is 0 Å². The van der Waals surface area contributed by atoms with Gasteiger partial charge in [0.05, 0.1) is 0 Å². The van der Waals surface area contributed by atoms with E-state index >= 15 is 0 Å². The average Bonchev–Trinajstić information content (AvgIpc) is 2.48. The first kappa shape index (κ1) is 11.8. The van der Waals surface area contributed by atoms with Gasteiger partial charge in [-0.1, -0.05) is 66.7 Å². The minimum Gasteiger partial charge on any atom is -0.376 e. The smallest absolute Gasteiger partial charge is 0.0354 e. The third-order valence-electron chi connectivity index (χ3n) is 3.38. The number of nitrogens with zero attached hydrogens (tertiary/aromatic N) is 1. The molecule has 1 heteroatoms. The first-order valence-electron chi connectivity index (χ1n) is 6.57. The van der Waals surface area contributed by atoms with Gasteiger partial charge in [-0.25, -0.2) is 0 Å². The third-order valence-corrected chi connectivity index (χ3v) is 3.38. The lowest BCUT2D eigenvalue weighted by molar-refractivity contribution is 0.507. The summed E-state index contributed by atoms with van der Waals surface area (Å²) in [6.45, 7) is 0.992. The van der Waals surface area contributed by atoms with Crippen molar-refractivity contribution in [2.45, 2.75) is 0 Å². The summed E-state index contributed by atoms with van der Waals surface area (Å²) < 4.78 is 0. The molecule has 0 saturated heterocycles. The summed E-state index contributed by atoms with van der Waals surface area (Å²) >= 11 is 0. The fourth-order valence-electron chi connectivity index (χ4n) is 2.34. The lowest BCUT2D eigenvalue weighted by atomic mass is 10.00. The molecule has 1 nitrogen and oxygen atoms in total. The molecule has 0 aromatic heterocycles. The average molecular weight is 247 g/mol. The fraction of sp³-hybridized carbons (Fsp3) is 0.111. The van der Waals surface area contributed by atoms with Crippen LogP contribution in [0.25, 0.3) is 16.7 Å². The molecule has 94 valence electrons. The Morgan fingerprint density at radius 3 is 2.11 bits per heavy atom. The van der Waals surface area contributed by atoms with Crippen molar-refractivity contribution in [1.82, 2.24) is 4.90 Å². The largest absolute Gasteiger partial charge is 0.376 e. The van der Waals surface area contributed by atoms with Crippen molar-refractivity contribution < 1.29 is 0 Å². The van der Waals surface area contributed by atoms with Crippen LogP contribution in [0.5, 0.6) is 0 Å². The topological polar surface area (TPSA) is 3.24 Å². The highest BCUT2D eigenvalue weighted by Gasteiger charge is 2.04. The second-order valence-corrected chi connectivity index (χ2v) is 4.87. The second kappa shape index (κ2) is 5.15. The van der Waals surface area contributed by atoms with Crippen molar-refractivity contribution in [2.24, 2.45) is 0 Å². The number of rotatable bonds is 2. The summed E-state index contributed by atoms with van der Waals surface area (Å²) in [6.07, 6.45) is 6.58. The van der Waals surface area contributed by atoms with Crippen molar-refractivity contribution >= 4 is 5.57 Å². The number of benzene rings is 2. The van der Waals surface area contributed by atoms with Crippen molar-refractivity contribution in [1.29, 1.82) is 0 Å². The van der Waals surface area contributed by atoms with Crippen molar-refractivity contribution in [3.63, 3.8) is 0 Å². The summed E-state index contributed by atoms with van der Waals surface area (Å²) in [4.78, 5) is 2.19. The maximum Gasteiger partial charge on any atom is 0.0354 e. The zero-order valence-electron chi connectivity index (χ0n) is 11.1. The summed E-state index contributed by atoms with van der Waals surface area (Å²) in [5, 5.41) is 0. The van der Waals surface area contributed by atoms with Gasteiger partial charge in [0.15, 0.2) is 0 Å². The van der Waals surface area contributed by atoms with Gasteiger partial charge in [-0.3, -0.25) is 0 Å². The van der Waals surface area contributed by atoms with Gasteiger partial charge in [-0.2, -0.15) is 0 Å². The molecule has 1 heterocycles. The molecule has 0 unspecified atom stereocenters. The van der Waals surface area contributed by atoms with Crippen LogP contribution < -0.4 is 0 Å². The second-order valence-electron chi connectivity index (χ2n) is 4.87. The molecule has 0 amide bonds. The van der Waals surface area contributed by atoms with Gasteiger partial charge >= 0.3 is 0 Å². The van der Waals surface area contributed by atoms with E-state index in [1.165, 1.54) is 22.3 Å². The Labute approximate surface area is 114 Å². The van der Waals surface area contributed by atoms with Crippen LogP contribution in [0.2, 0.25) is 0 Å². The molecule has 0 atom stereocenters. The molecule has 1 aliphatic heterocycles. The van der Waals surface area contributed by atoms with Crippen LogP contribution in [0.3, 0.4) is 0 Å². The van der Waals surface area contributed by atoms with Crippen LogP contribution in [0, 0.1) is 0 Å². The molecule has 0 radical (unpaired) electrons. The predicted octanol–water partition coefficient (Wildman–Crippen LogP) is 4.20. The highest BCUT2D eigenvalue weighted by molar-refractivity contribution is 5.76. The molecule has 0 fully saturated rings. The van der Waals surface area contributed by atoms with Gasteiger partial charge in [-0.15, -0.1) is 0 Å². The highest BCUT2D eigenvalue weighted by atomic mass is 15.1. The van der Waals surface area contributed by atoms with E-state index in [9.17, 15) is 0 Å². The lowest BCUT2D eigenvalue weighted by Crippen LogP contribution is -2.13. The zero-order chi connectivity index (χ0) is 13.1. The van der Waals surface area contributed by atoms with Gasteiger partial charge in [0.2, 0.25) is 0 Å². The summed E-state index contributed by atoms with van der Waals surface area (Å²) in [7, 11) is 2.10. The first-order chi connectivity index (χ1) is 9.33. The predicted molar refractivity (Wildman–Crippen MR) is 81.6 cm³/mol. The zero-order valence-corrected chi connectivity index (χ0v) is 11.1. The molecule has 1 aliphatic rings. The van der Waals surface area contributed by atoms with E-state index in [4.69, 9.17) is 0 Å². The molecule has 2 aromatic rings. The number of hydrogen-bond donors (Lipinski definition) is 0. The lowest BCUT2D eigenvalue weighted by Gasteiger charge is -2.18. The SMILES string of the molecule is CN1C=C(c2ccc(-c3ccccc3)cc2)C=CC1. The van der Waals surface area contributed by atoms with E-state index in [-0.39, 0.29) is 0 Å². The van der Waals surface area contributed by atoms with E-state index in [1.807, 2.05) is 6.07 Å². The van der Waals surface area contributed by atoms with Crippen molar-refractivity contribution in [2.75, 3.05) is 13.6 Å². The van der Waals surface area contributed by atoms with Gasteiger partial charge in [0, 0.05) is 19.8 Å². The summed E-state index contributed by atoms with van der Waals surface area (Å²) in [6, 6.07) is 19.2. The Hall–Kier alpha value is -2.28. The molecule has 3 rings (SSSR count). The number of likely N-dealkylation sites (N-methyl/N-ethyl adjacent to an activating group) is 1. The molecule has 2 aromatic carbocycles. The van der Waals surface area contributed by atoms with Crippen LogP contribution in [-0.4, -0.2) is 18.5 Å². The standard InChI is InChI=1S/C18H17N/c1-19-13-5-8-18(14-19)17-11-9-16(10-12-17)15-6-3-2-4-7-15/h2-12,14H,13H2,1H3. The highest BCUT2D eigenvalue weighted by Crippen LogP contribution is 2.24. The molecule has 0 saturated carbocycles. The van der Waals surface area contributed by atoms with Crippen molar-refractivity contribution in [3.8, 4) is 11.1 Å². The van der Waals surface area contributed by atoms with E-state index in [0.29, 0.717) is 0 Å². The molecule has 0 N–H and O–H groups in total. The third kappa shape index (κ3) is 2.60. The molecular weight excluding hydrogens is 230 g/mol. The maximum atomic E-state index is 2.19. The minimum atomic E-state index is 0.992. The van der Waals surface area contributed by atoms with Gasteiger partial charge < -0.3 is 4.90 Å². The fourth-order valence-corrected chi connectivity index (χ4v) is 2.34. The Morgan fingerprint density at radius 2 is 1.42 bits per heavy atom. The normalized spacial score (nSPS) is 14.4. The molecular formula is C18H17N. The Morgan fingerprint density at radius 1 is 0.789 bits per heavy atom. The number of allylic oxidation sites excluding steroid dienone is 2. The Kier molecular flexibility index (Phi) is 3.20. The molecule has 0 aliphatic carbocycles.